The van der Waals surface area contributed by atoms with Crippen LogP contribution in [0.1, 0.15) is 34.6 Å². The molecule has 2 aliphatic rings. The Morgan fingerprint density at radius 3 is 2.19 bits per heavy atom. The number of hydrogen-bond donors (Lipinski definition) is 1. The van der Waals surface area contributed by atoms with Crippen molar-refractivity contribution in [3.8, 4) is 0 Å². The molecule has 0 aliphatic carbocycles. The van der Waals surface area contributed by atoms with Crippen LogP contribution in [0.3, 0.4) is 0 Å². The summed E-state index contributed by atoms with van der Waals surface area (Å²) in [5, 5.41) is 10.8. The van der Waals surface area contributed by atoms with E-state index in [0.717, 1.165) is 0 Å². The van der Waals surface area contributed by atoms with Gasteiger partial charge in [0.05, 0.1) is 19.8 Å². The van der Waals surface area contributed by atoms with Crippen LogP contribution in [-0.4, -0.2) is 56.8 Å². The highest BCUT2D eigenvalue weighted by atomic mass is 28.4. The zero-order valence-corrected chi connectivity index (χ0v) is 15.4. The minimum Gasteiger partial charge on any atom is -0.414 e. The largest absolute Gasteiger partial charge is 0.414 e. The molecule has 124 valence electrons. The molecule has 0 aromatic carbocycles. The van der Waals surface area contributed by atoms with Gasteiger partial charge in [-0.05, 0) is 32.0 Å². The quantitative estimate of drug-likeness (QED) is 0.636. The van der Waals surface area contributed by atoms with E-state index in [9.17, 15) is 5.11 Å². The SMILES string of the molecule is CC1(C)OCC(O)([C@H]2O[C@H]2CO[Si](C)(C)C(C)(C)C)CO1. The van der Waals surface area contributed by atoms with Crippen LogP contribution < -0.4 is 0 Å². The summed E-state index contributed by atoms with van der Waals surface area (Å²) in [5.41, 5.74) is -1.06. The van der Waals surface area contributed by atoms with Gasteiger partial charge in [-0.1, -0.05) is 20.8 Å². The second-order valence-electron chi connectivity index (χ2n) is 8.25. The molecule has 5 nitrogen and oxygen atoms in total. The van der Waals surface area contributed by atoms with Crippen molar-refractivity contribution in [1.82, 2.24) is 0 Å². The minimum absolute atomic E-state index is 0.0578. The average Bonchev–Trinajstić information content (AvgIpc) is 3.10. The molecule has 0 saturated carbocycles. The first-order chi connectivity index (χ1) is 9.36. The van der Waals surface area contributed by atoms with E-state index >= 15 is 0 Å². The predicted molar refractivity (Wildman–Crippen MR) is 82.7 cm³/mol. The molecule has 2 rings (SSSR count). The Labute approximate surface area is 129 Å². The molecule has 0 bridgehead atoms. The Kier molecular flexibility index (Phi) is 4.37. The van der Waals surface area contributed by atoms with Crippen LogP contribution in [0.4, 0.5) is 0 Å². The van der Waals surface area contributed by atoms with E-state index < -0.39 is 19.7 Å². The Bertz CT molecular complexity index is 378. The molecule has 6 heteroatoms. The van der Waals surface area contributed by atoms with E-state index in [4.69, 9.17) is 18.6 Å². The lowest BCUT2D eigenvalue weighted by atomic mass is 9.98. The molecular weight excluding hydrogens is 288 g/mol. The first kappa shape index (κ1) is 17.4. The summed E-state index contributed by atoms with van der Waals surface area (Å²) < 4.78 is 22.9. The first-order valence-corrected chi connectivity index (χ1v) is 10.6. The maximum absolute atomic E-state index is 10.6. The Hall–Kier alpha value is 0.0169. The molecule has 0 amide bonds. The third kappa shape index (κ3) is 3.86. The van der Waals surface area contributed by atoms with E-state index in [0.29, 0.717) is 6.61 Å². The van der Waals surface area contributed by atoms with Crippen LogP contribution in [0.2, 0.25) is 18.1 Å². The van der Waals surface area contributed by atoms with Crippen molar-refractivity contribution in [2.75, 3.05) is 19.8 Å². The van der Waals surface area contributed by atoms with E-state index in [2.05, 4.69) is 33.9 Å². The van der Waals surface area contributed by atoms with Gasteiger partial charge in [-0.15, -0.1) is 0 Å². The Morgan fingerprint density at radius 2 is 1.71 bits per heavy atom. The molecule has 0 aromatic heterocycles. The van der Waals surface area contributed by atoms with Gasteiger partial charge in [0, 0.05) is 0 Å². The molecule has 0 unspecified atom stereocenters. The molecule has 1 N–H and O–H groups in total. The third-order valence-electron chi connectivity index (χ3n) is 4.87. The lowest BCUT2D eigenvalue weighted by Crippen LogP contribution is -2.55. The summed E-state index contributed by atoms with van der Waals surface area (Å²) >= 11 is 0. The fraction of sp³-hybridized carbons (Fsp3) is 1.00. The van der Waals surface area contributed by atoms with Crippen molar-refractivity contribution in [3.63, 3.8) is 0 Å². The molecular formula is C15H30O5Si. The van der Waals surface area contributed by atoms with Gasteiger partial charge < -0.3 is 23.7 Å². The fourth-order valence-corrected chi connectivity index (χ4v) is 3.11. The van der Waals surface area contributed by atoms with Crippen LogP contribution >= 0.6 is 0 Å². The van der Waals surface area contributed by atoms with Crippen molar-refractivity contribution >= 4 is 8.32 Å². The van der Waals surface area contributed by atoms with Gasteiger partial charge in [0.15, 0.2) is 14.1 Å². The number of epoxide rings is 1. The summed E-state index contributed by atoms with van der Waals surface area (Å²) in [7, 11) is -1.78. The maximum atomic E-state index is 10.6. The number of aliphatic hydroxyl groups is 1. The normalized spacial score (nSPS) is 32.0. The number of ether oxygens (including phenoxy) is 3. The van der Waals surface area contributed by atoms with Gasteiger partial charge >= 0.3 is 0 Å². The molecule has 0 radical (unpaired) electrons. The molecule has 0 spiro atoms. The fourth-order valence-electron chi connectivity index (χ4n) is 2.09. The number of hydrogen-bond acceptors (Lipinski definition) is 5. The van der Waals surface area contributed by atoms with Crippen molar-refractivity contribution in [3.05, 3.63) is 0 Å². The van der Waals surface area contributed by atoms with E-state index in [1.165, 1.54) is 0 Å². The second-order valence-corrected chi connectivity index (χ2v) is 13.1. The van der Waals surface area contributed by atoms with Gasteiger partial charge in [0.25, 0.3) is 0 Å². The zero-order valence-electron chi connectivity index (χ0n) is 14.4. The van der Waals surface area contributed by atoms with Crippen LogP contribution in [0, 0.1) is 0 Å². The van der Waals surface area contributed by atoms with Gasteiger partial charge in [0.2, 0.25) is 0 Å². The van der Waals surface area contributed by atoms with E-state index in [1.807, 2.05) is 13.8 Å². The standard InChI is InChI=1S/C15H30O5Si/c1-13(2,3)21(6,7)19-8-11-12(20-11)15(16)9-17-14(4,5)18-10-15/h11-12,16H,8-10H2,1-7H3/t11-,12-/m0/s1. The van der Waals surface area contributed by atoms with Crippen LogP contribution in [0.5, 0.6) is 0 Å². The van der Waals surface area contributed by atoms with E-state index in [-0.39, 0.29) is 30.5 Å². The van der Waals surface area contributed by atoms with Crippen LogP contribution in [-0.2, 0) is 18.6 Å². The van der Waals surface area contributed by atoms with Crippen LogP contribution in [0.25, 0.3) is 0 Å². The lowest BCUT2D eigenvalue weighted by Gasteiger charge is -2.39. The summed E-state index contributed by atoms with van der Waals surface area (Å²) in [6.45, 7) is 15.8. The van der Waals surface area contributed by atoms with Crippen molar-refractivity contribution < 1.29 is 23.7 Å². The highest BCUT2D eigenvalue weighted by molar-refractivity contribution is 6.74. The lowest BCUT2D eigenvalue weighted by molar-refractivity contribution is -0.304. The summed E-state index contributed by atoms with van der Waals surface area (Å²) in [6.07, 6.45) is -0.309. The van der Waals surface area contributed by atoms with Crippen molar-refractivity contribution in [2.45, 2.75) is 76.3 Å². The average molecular weight is 318 g/mol. The molecule has 2 aliphatic heterocycles. The highest BCUT2D eigenvalue weighted by Crippen LogP contribution is 2.40. The molecule has 2 saturated heterocycles. The maximum Gasteiger partial charge on any atom is 0.192 e. The van der Waals surface area contributed by atoms with E-state index in [1.54, 1.807) is 0 Å². The summed E-state index contributed by atoms with van der Waals surface area (Å²) in [5.74, 6) is -0.631. The topological polar surface area (TPSA) is 60.5 Å². The monoisotopic (exact) mass is 318 g/mol. The van der Waals surface area contributed by atoms with Crippen molar-refractivity contribution in [1.29, 1.82) is 0 Å². The predicted octanol–water partition coefficient (Wildman–Crippen LogP) is 2.29. The third-order valence-corrected chi connectivity index (χ3v) is 9.37. The Balaban J connectivity index is 1.83. The molecule has 2 atom stereocenters. The molecule has 2 fully saturated rings. The first-order valence-electron chi connectivity index (χ1n) is 7.66. The van der Waals surface area contributed by atoms with Gasteiger partial charge in [-0.2, -0.15) is 0 Å². The number of rotatable bonds is 4. The van der Waals surface area contributed by atoms with Crippen LogP contribution in [0.15, 0.2) is 0 Å². The van der Waals surface area contributed by atoms with Gasteiger partial charge in [-0.25, -0.2) is 0 Å². The highest BCUT2D eigenvalue weighted by Gasteiger charge is 2.57. The second kappa shape index (κ2) is 5.28. The smallest absolute Gasteiger partial charge is 0.192 e. The van der Waals surface area contributed by atoms with Gasteiger partial charge in [0.1, 0.15) is 17.8 Å². The minimum atomic E-state index is -1.78. The molecule has 21 heavy (non-hydrogen) atoms. The molecule has 2 heterocycles. The zero-order chi connectivity index (χ0) is 16.1. The molecule has 0 aromatic rings. The summed E-state index contributed by atoms with van der Waals surface area (Å²) in [4.78, 5) is 0. The van der Waals surface area contributed by atoms with Crippen molar-refractivity contribution in [2.24, 2.45) is 0 Å². The summed E-state index contributed by atoms with van der Waals surface area (Å²) in [6, 6.07) is 0. The van der Waals surface area contributed by atoms with Gasteiger partial charge in [-0.3, -0.25) is 0 Å². The Morgan fingerprint density at radius 1 is 1.19 bits per heavy atom.